The molecule has 0 radical (unpaired) electrons. The zero-order valence-corrected chi connectivity index (χ0v) is 22.3. The molecule has 1 aliphatic heterocycles. The molecule has 2 aromatic carbocycles. The van der Waals surface area contributed by atoms with Gasteiger partial charge in [0.2, 0.25) is 5.91 Å². The lowest BCUT2D eigenvalue weighted by Gasteiger charge is -2.32. The molecule has 2 N–H and O–H groups in total. The van der Waals surface area contributed by atoms with Crippen LogP contribution in [0.5, 0.6) is 0 Å². The van der Waals surface area contributed by atoms with E-state index >= 15 is 4.39 Å². The van der Waals surface area contributed by atoms with E-state index in [-0.39, 0.29) is 42.7 Å². The second-order valence-electron chi connectivity index (χ2n) is 10.3. The fraction of sp³-hybridized carbons (Fsp3) is 0.357. The lowest BCUT2D eigenvalue weighted by atomic mass is 9.90. The zero-order valence-electron chi connectivity index (χ0n) is 22.3. The highest BCUT2D eigenvalue weighted by atomic mass is 19.4. The predicted molar refractivity (Wildman–Crippen MR) is 137 cm³/mol. The first-order valence-electron chi connectivity index (χ1n) is 13.1. The van der Waals surface area contributed by atoms with Crippen LogP contribution in [0.1, 0.15) is 30.0 Å². The van der Waals surface area contributed by atoms with E-state index < -0.39 is 60.3 Å². The van der Waals surface area contributed by atoms with E-state index in [1.165, 1.54) is 23.0 Å². The normalized spacial score (nSPS) is 18.9. The van der Waals surface area contributed by atoms with Gasteiger partial charge in [0.25, 0.3) is 5.91 Å². The van der Waals surface area contributed by atoms with Gasteiger partial charge in [-0.25, -0.2) is 13.6 Å². The van der Waals surface area contributed by atoms with Crippen molar-refractivity contribution < 1.29 is 41.4 Å². The molecule has 1 unspecified atom stereocenters. The summed E-state index contributed by atoms with van der Waals surface area (Å²) in [5, 5.41) is 15.7. The molecule has 1 saturated heterocycles. The minimum absolute atomic E-state index is 0.0580. The molecule has 14 heteroatoms. The maximum Gasteiger partial charge on any atom is 0.408 e. The van der Waals surface area contributed by atoms with Crippen LogP contribution in [0.4, 0.5) is 26.7 Å². The number of imide groups is 1. The smallest absolute Gasteiger partial charge is 0.394 e. The van der Waals surface area contributed by atoms with Crippen molar-refractivity contribution in [2.75, 3.05) is 13.2 Å². The Labute approximate surface area is 236 Å². The molecule has 2 atom stereocenters. The Morgan fingerprint density at radius 2 is 1.90 bits per heavy atom. The molecule has 1 aromatic heterocycles. The molecule has 4 amide bonds. The number of aliphatic hydroxyl groups is 1. The lowest BCUT2D eigenvalue weighted by molar-refractivity contribution is -0.187. The van der Waals surface area contributed by atoms with Crippen molar-refractivity contribution in [1.82, 2.24) is 24.9 Å². The second-order valence-corrected chi connectivity index (χ2v) is 10.3. The number of urea groups is 1. The van der Waals surface area contributed by atoms with E-state index in [4.69, 9.17) is 5.11 Å². The molecular formula is C28H26F5N5O4. The van der Waals surface area contributed by atoms with Crippen LogP contribution in [-0.2, 0) is 34.6 Å². The van der Waals surface area contributed by atoms with Gasteiger partial charge >= 0.3 is 12.2 Å². The number of amides is 4. The maximum atomic E-state index is 15.3. The molecule has 42 heavy (non-hydrogen) atoms. The van der Waals surface area contributed by atoms with Crippen molar-refractivity contribution in [3.8, 4) is 11.1 Å². The molecule has 1 aliphatic carbocycles. The Hall–Kier alpha value is -4.33. The number of aryl methyl sites for hydroxylation is 1. The summed E-state index contributed by atoms with van der Waals surface area (Å²) in [5.74, 6) is -3.32. The van der Waals surface area contributed by atoms with Gasteiger partial charge in [0.05, 0.1) is 19.3 Å². The number of rotatable bonds is 8. The number of nitrogens with zero attached hydrogens (tertiary/aromatic N) is 4. The minimum atomic E-state index is -4.82. The molecule has 5 rings (SSSR count). The summed E-state index contributed by atoms with van der Waals surface area (Å²) in [7, 11) is 0. The van der Waals surface area contributed by atoms with Crippen molar-refractivity contribution in [3.63, 3.8) is 0 Å². The molecule has 2 heterocycles. The monoisotopic (exact) mass is 591 g/mol. The van der Waals surface area contributed by atoms with E-state index in [2.05, 4.69) is 10.4 Å². The number of benzene rings is 2. The maximum absolute atomic E-state index is 15.3. The number of hydrogen-bond acceptors (Lipinski definition) is 5. The number of alkyl halides is 3. The highest BCUT2D eigenvalue weighted by Gasteiger charge is 2.56. The van der Waals surface area contributed by atoms with Crippen LogP contribution in [0, 0.1) is 11.6 Å². The van der Waals surface area contributed by atoms with Crippen molar-refractivity contribution >= 4 is 17.8 Å². The van der Waals surface area contributed by atoms with Crippen LogP contribution < -0.4 is 5.32 Å². The summed E-state index contributed by atoms with van der Waals surface area (Å²) in [6.45, 7) is -0.686. The van der Waals surface area contributed by atoms with E-state index in [0.29, 0.717) is 20.9 Å². The molecule has 0 saturated carbocycles. The Kier molecular flexibility index (Phi) is 7.51. The third-order valence-corrected chi connectivity index (χ3v) is 7.69. The average molecular weight is 592 g/mol. The molecule has 1 fully saturated rings. The van der Waals surface area contributed by atoms with Crippen LogP contribution in [0.2, 0.25) is 0 Å². The first kappa shape index (κ1) is 29.2. The van der Waals surface area contributed by atoms with Crippen molar-refractivity contribution in [2.24, 2.45) is 0 Å². The second kappa shape index (κ2) is 10.8. The van der Waals surface area contributed by atoms with E-state index in [1.807, 2.05) is 0 Å². The molecule has 1 spiro atoms. The topological polar surface area (TPSA) is 108 Å². The lowest BCUT2D eigenvalue weighted by Crippen LogP contribution is -2.51. The molecule has 3 aromatic rings. The SMILES string of the molecule is C[C@H](N(Cc1ccc(F)cc1)C(=O)CN1C(=O)NC2(CCc3cc(-c4cnn(CCO)c4)c(F)cc32)C1=O)C(F)(F)F. The largest absolute Gasteiger partial charge is 0.408 e. The molecule has 222 valence electrons. The van der Waals surface area contributed by atoms with E-state index in [0.717, 1.165) is 25.1 Å². The van der Waals surface area contributed by atoms with Crippen molar-refractivity contribution in [1.29, 1.82) is 0 Å². The summed E-state index contributed by atoms with van der Waals surface area (Å²) in [4.78, 5) is 40.8. The average Bonchev–Trinajstić information content (AvgIpc) is 3.60. The quantitative estimate of drug-likeness (QED) is 0.308. The van der Waals surface area contributed by atoms with Gasteiger partial charge in [-0.1, -0.05) is 12.1 Å². The van der Waals surface area contributed by atoms with Gasteiger partial charge in [-0.15, -0.1) is 0 Å². The van der Waals surface area contributed by atoms with Crippen LogP contribution in [0.15, 0.2) is 48.8 Å². The number of fused-ring (bicyclic) bond motifs is 2. The standard InChI is InChI=1S/C28H26F5N5O4/c1-16(28(31,32)33)37(13-17-2-4-20(29)5-3-17)24(40)15-38-25(41)27(35-26(38)42)7-6-18-10-21(23(30)11-22(18)27)19-12-34-36(14-19)8-9-39/h2-5,10-12,14,16,39H,6-9,13,15H2,1H3,(H,35,42)/t16-,27?/m0/s1. The van der Waals surface area contributed by atoms with Crippen molar-refractivity contribution in [3.05, 3.63) is 77.1 Å². The first-order chi connectivity index (χ1) is 19.8. The molecule has 2 aliphatic rings. The number of hydrogen-bond donors (Lipinski definition) is 2. The van der Waals surface area contributed by atoms with Crippen LogP contribution in [0.25, 0.3) is 11.1 Å². The predicted octanol–water partition coefficient (Wildman–Crippen LogP) is 3.49. The van der Waals surface area contributed by atoms with Crippen LogP contribution in [-0.4, -0.2) is 67.9 Å². The number of aliphatic hydroxyl groups excluding tert-OH is 1. The Morgan fingerprint density at radius 3 is 2.57 bits per heavy atom. The number of carbonyl (C=O) groups excluding carboxylic acids is 3. The first-order valence-corrected chi connectivity index (χ1v) is 13.1. The number of aromatic nitrogens is 2. The summed E-state index contributed by atoms with van der Waals surface area (Å²) >= 11 is 0. The van der Waals surface area contributed by atoms with Crippen LogP contribution in [0.3, 0.4) is 0 Å². The number of halogens is 5. The van der Waals surface area contributed by atoms with Crippen LogP contribution >= 0.6 is 0 Å². The Balaban J connectivity index is 1.40. The summed E-state index contributed by atoms with van der Waals surface area (Å²) < 4.78 is 71.1. The van der Waals surface area contributed by atoms with Gasteiger partial charge in [0, 0.05) is 23.9 Å². The van der Waals surface area contributed by atoms with Gasteiger partial charge in [-0.2, -0.15) is 18.3 Å². The van der Waals surface area contributed by atoms with E-state index in [9.17, 15) is 31.9 Å². The van der Waals surface area contributed by atoms with Gasteiger partial charge in [0.15, 0.2) is 0 Å². The third kappa shape index (κ3) is 5.22. The summed E-state index contributed by atoms with van der Waals surface area (Å²) in [5.41, 5.74) is -0.0363. The molecular weight excluding hydrogens is 565 g/mol. The van der Waals surface area contributed by atoms with Crippen molar-refractivity contribution in [2.45, 2.75) is 50.6 Å². The fourth-order valence-electron chi connectivity index (χ4n) is 5.38. The van der Waals surface area contributed by atoms with Gasteiger partial charge in [0.1, 0.15) is 29.8 Å². The minimum Gasteiger partial charge on any atom is -0.394 e. The summed E-state index contributed by atoms with van der Waals surface area (Å²) in [6.07, 6.45) is -1.49. The zero-order chi connectivity index (χ0) is 30.4. The third-order valence-electron chi connectivity index (χ3n) is 7.69. The Bertz CT molecular complexity index is 1540. The number of nitrogens with one attached hydrogen (secondary N) is 1. The van der Waals surface area contributed by atoms with Gasteiger partial charge in [-0.05, 0) is 60.7 Å². The van der Waals surface area contributed by atoms with Gasteiger partial charge < -0.3 is 15.3 Å². The Morgan fingerprint density at radius 1 is 1.19 bits per heavy atom. The fourth-order valence-corrected chi connectivity index (χ4v) is 5.38. The molecule has 9 nitrogen and oxygen atoms in total. The van der Waals surface area contributed by atoms with E-state index in [1.54, 1.807) is 12.3 Å². The van der Waals surface area contributed by atoms with Gasteiger partial charge in [-0.3, -0.25) is 19.2 Å². The highest BCUT2D eigenvalue weighted by Crippen LogP contribution is 2.43. The highest BCUT2D eigenvalue weighted by molar-refractivity contribution is 6.10. The number of carbonyl (C=O) groups is 3. The molecule has 0 bridgehead atoms. The summed E-state index contributed by atoms with van der Waals surface area (Å²) in [6, 6.07) is 3.97.